The van der Waals surface area contributed by atoms with E-state index < -0.39 is 17.6 Å². The molecule has 0 bridgehead atoms. The van der Waals surface area contributed by atoms with Crippen LogP contribution in [0.3, 0.4) is 0 Å². The lowest BCUT2D eigenvalue weighted by molar-refractivity contribution is -0.140. The lowest BCUT2D eigenvalue weighted by Crippen LogP contribution is -2.23. The minimum absolute atomic E-state index is 0.0769. The molecule has 0 nitrogen and oxygen atoms in total. The molecule has 0 aromatic heterocycles. The van der Waals surface area contributed by atoms with Gasteiger partial charge in [-0.25, -0.2) is 4.39 Å². The van der Waals surface area contributed by atoms with Crippen LogP contribution in [0, 0.1) is 11.7 Å². The zero-order chi connectivity index (χ0) is 21.3. The average molecular weight is 414 g/mol. The number of aryl methyl sites for hydroxylation is 1. The smallest absolute Gasteiger partial charge is 0.206 e. The molecule has 0 radical (unpaired) electrons. The number of fused-ring (bicyclic) bond motifs is 3. The van der Waals surface area contributed by atoms with Gasteiger partial charge >= 0.3 is 6.18 Å². The van der Waals surface area contributed by atoms with Crippen LogP contribution in [0.4, 0.5) is 17.6 Å². The maximum atomic E-state index is 14.4. The standard InChI is InChI=1S/C26H26F4/c1-2-3-4-8-18-11-13-21-20-9-6-5-7-17(20)10-14-22(21)25(18)19-12-15-23(24(27)16-19)26(28,29)30/h5-7,9-10,12,14-16,18,25H,2-4,8,11,13H2,1H3/t18-,25-/m1/s1. The number of halogens is 4. The van der Waals surface area contributed by atoms with Crippen LogP contribution >= 0.6 is 0 Å². The van der Waals surface area contributed by atoms with Crippen molar-refractivity contribution >= 4 is 10.8 Å². The van der Waals surface area contributed by atoms with Crippen LogP contribution in [0.1, 0.15) is 67.2 Å². The lowest BCUT2D eigenvalue weighted by atomic mass is 9.69. The summed E-state index contributed by atoms with van der Waals surface area (Å²) in [5, 5.41) is 2.36. The van der Waals surface area contributed by atoms with Gasteiger partial charge in [-0.3, -0.25) is 0 Å². The maximum absolute atomic E-state index is 14.4. The highest BCUT2D eigenvalue weighted by Gasteiger charge is 2.36. The van der Waals surface area contributed by atoms with Crippen LogP contribution in [0.2, 0.25) is 0 Å². The van der Waals surface area contributed by atoms with E-state index in [4.69, 9.17) is 0 Å². The molecule has 1 aliphatic carbocycles. The Morgan fingerprint density at radius 2 is 1.77 bits per heavy atom. The van der Waals surface area contributed by atoms with Gasteiger partial charge in [-0.1, -0.05) is 68.7 Å². The minimum Gasteiger partial charge on any atom is -0.206 e. The molecule has 0 spiro atoms. The largest absolute Gasteiger partial charge is 0.419 e. The second-order valence-electron chi connectivity index (χ2n) is 8.36. The molecule has 30 heavy (non-hydrogen) atoms. The molecular formula is C26H26F4. The first-order valence-corrected chi connectivity index (χ1v) is 10.8. The topological polar surface area (TPSA) is 0 Å². The predicted octanol–water partition coefficient (Wildman–Crippen LogP) is 8.27. The van der Waals surface area contributed by atoms with Crippen molar-refractivity contribution in [1.82, 2.24) is 0 Å². The summed E-state index contributed by atoms with van der Waals surface area (Å²) < 4.78 is 53.7. The highest BCUT2D eigenvalue weighted by molar-refractivity contribution is 5.87. The molecule has 3 aromatic carbocycles. The fourth-order valence-corrected chi connectivity index (χ4v) is 5.05. The van der Waals surface area contributed by atoms with Gasteiger partial charge in [0.2, 0.25) is 0 Å². The zero-order valence-corrected chi connectivity index (χ0v) is 17.1. The third-order valence-corrected chi connectivity index (χ3v) is 6.48. The number of hydrogen-bond acceptors (Lipinski definition) is 0. The van der Waals surface area contributed by atoms with Crippen LogP contribution in [0.25, 0.3) is 10.8 Å². The first-order valence-electron chi connectivity index (χ1n) is 10.8. The minimum atomic E-state index is -4.68. The van der Waals surface area contributed by atoms with Crippen LogP contribution < -0.4 is 0 Å². The van der Waals surface area contributed by atoms with Crippen molar-refractivity contribution in [1.29, 1.82) is 0 Å². The summed E-state index contributed by atoms with van der Waals surface area (Å²) in [6.07, 6.45) is 1.59. The number of alkyl halides is 3. The molecule has 2 atom stereocenters. The van der Waals surface area contributed by atoms with Crippen molar-refractivity contribution in [2.75, 3.05) is 0 Å². The summed E-state index contributed by atoms with van der Waals surface area (Å²) in [5.74, 6) is -0.950. The molecule has 0 saturated carbocycles. The Hall–Kier alpha value is -2.36. The third-order valence-electron chi connectivity index (χ3n) is 6.48. The number of rotatable bonds is 5. The Bertz CT molecular complexity index is 1030. The van der Waals surface area contributed by atoms with Gasteiger partial charge < -0.3 is 0 Å². The van der Waals surface area contributed by atoms with Gasteiger partial charge in [-0.05, 0) is 64.8 Å². The molecular weight excluding hydrogens is 388 g/mol. The van der Waals surface area contributed by atoms with Gasteiger partial charge in [-0.15, -0.1) is 0 Å². The lowest BCUT2D eigenvalue weighted by Gasteiger charge is -2.35. The molecule has 4 rings (SSSR count). The maximum Gasteiger partial charge on any atom is 0.419 e. The van der Waals surface area contributed by atoms with Crippen molar-refractivity contribution in [2.24, 2.45) is 5.92 Å². The molecule has 0 amide bonds. The van der Waals surface area contributed by atoms with Gasteiger partial charge in [0.15, 0.2) is 0 Å². The van der Waals surface area contributed by atoms with Gasteiger partial charge in [0, 0.05) is 5.92 Å². The number of unbranched alkanes of at least 4 members (excludes halogenated alkanes) is 2. The fraction of sp³-hybridized carbons (Fsp3) is 0.385. The van der Waals surface area contributed by atoms with Crippen LogP contribution in [0.15, 0.2) is 54.6 Å². The molecule has 0 heterocycles. The van der Waals surface area contributed by atoms with Gasteiger partial charge in [0.25, 0.3) is 0 Å². The first-order chi connectivity index (χ1) is 14.4. The van der Waals surface area contributed by atoms with Crippen molar-refractivity contribution < 1.29 is 17.6 Å². The Balaban J connectivity index is 1.81. The second kappa shape index (κ2) is 8.41. The van der Waals surface area contributed by atoms with E-state index in [1.165, 1.54) is 17.0 Å². The Kier molecular flexibility index (Phi) is 5.86. The molecule has 0 fully saturated rings. The number of benzene rings is 3. The average Bonchev–Trinajstić information content (AvgIpc) is 2.72. The monoisotopic (exact) mass is 414 g/mol. The van der Waals surface area contributed by atoms with Crippen molar-refractivity contribution in [3.05, 3.63) is 82.7 Å². The van der Waals surface area contributed by atoms with E-state index in [1.807, 2.05) is 12.1 Å². The van der Waals surface area contributed by atoms with Crippen molar-refractivity contribution in [3.8, 4) is 0 Å². The van der Waals surface area contributed by atoms with Crippen molar-refractivity contribution in [3.63, 3.8) is 0 Å². The summed E-state index contributed by atoms with van der Waals surface area (Å²) in [6.45, 7) is 2.16. The number of hydrogen-bond donors (Lipinski definition) is 0. The summed E-state index contributed by atoms with van der Waals surface area (Å²) in [5.41, 5.74) is 1.85. The van der Waals surface area contributed by atoms with E-state index in [2.05, 4.69) is 31.2 Å². The quantitative estimate of drug-likeness (QED) is 0.291. The fourth-order valence-electron chi connectivity index (χ4n) is 5.05. The van der Waals surface area contributed by atoms with E-state index in [-0.39, 0.29) is 5.92 Å². The highest BCUT2D eigenvalue weighted by Crippen LogP contribution is 2.46. The predicted molar refractivity (Wildman–Crippen MR) is 113 cm³/mol. The highest BCUT2D eigenvalue weighted by atomic mass is 19.4. The van der Waals surface area contributed by atoms with Crippen molar-refractivity contribution in [2.45, 2.75) is 57.5 Å². The normalized spacial score (nSPS) is 19.1. The molecule has 3 aromatic rings. The third kappa shape index (κ3) is 3.97. The summed E-state index contributed by atoms with van der Waals surface area (Å²) in [7, 11) is 0. The Labute approximate surface area is 174 Å². The van der Waals surface area contributed by atoms with Gasteiger partial charge in [-0.2, -0.15) is 13.2 Å². The van der Waals surface area contributed by atoms with Gasteiger partial charge in [0.05, 0.1) is 5.56 Å². The molecule has 0 unspecified atom stereocenters. The molecule has 0 N–H and O–H groups in total. The SMILES string of the molecule is CCCCC[C@@H]1CCc2c(ccc3ccccc23)[C@H]1c1ccc(C(F)(F)F)c(F)c1. The van der Waals surface area contributed by atoms with Crippen LogP contribution in [-0.2, 0) is 12.6 Å². The second-order valence-corrected chi connectivity index (χ2v) is 8.36. The van der Waals surface area contributed by atoms with E-state index in [0.717, 1.165) is 61.6 Å². The molecule has 158 valence electrons. The van der Waals surface area contributed by atoms with E-state index in [1.54, 1.807) is 0 Å². The van der Waals surface area contributed by atoms with E-state index in [9.17, 15) is 17.6 Å². The summed E-state index contributed by atoms with van der Waals surface area (Å²) >= 11 is 0. The van der Waals surface area contributed by atoms with Crippen LogP contribution in [-0.4, -0.2) is 0 Å². The molecule has 0 aliphatic heterocycles. The Morgan fingerprint density at radius 3 is 2.50 bits per heavy atom. The zero-order valence-electron chi connectivity index (χ0n) is 17.1. The molecule has 0 saturated heterocycles. The van der Waals surface area contributed by atoms with Crippen LogP contribution in [0.5, 0.6) is 0 Å². The van der Waals surface area contributed by atoms with E-state index >= 15 is 0 Å². The van der Waals surface area contributed by atoms with E-state index in [0.29, 0.717) is 11.5 Å². The summed E-state index contributed by atoms with van der Waals surface area (Å²) in [4.78, 5) is 0. The molecule has 1 aliphatic rings. The Morgan fingerprint density at radius 1 is 0.967 bits per heavy atom. The van der Waals surface area contributed by atoms with Gasteiger partial charge in [0.1, 0.15) is 5.82 Å². The summed E-state index contributed by atoms with van der Waals surface area (Å²) in [6, 6.07) is 15.9. The molecule has 4 heteroatoms. The first kappa shape index (κ1) is 20.9.